The van der Waals surface area contributed by atoms with Gasteiger partial charge in [-0.05, 0) is 0 Å². The normalized spacial score (nSPS) is 13.3. The topological polar surface area (TPSA) is 198 Å². The van der Waals surface area contributed by atoms with Gasteiger partial charge in [-0.3, -0.25) is 40.5 Å². The molecule has 0 heterocycles. The van der Waals surface area contributed by atoms with E-state index >= 15 is 0 Å². The largest absolute Gasteiger partial charge is 0.640 e. The van der Waals surface area contributed by atoms with Crippen LogP contribution in [0.15, 0.2) is 0 Å². The van der Waals surface area contributed by atoms with E-state index in [0.29, 0.717) is 0 Å². The van der Waals surface area contributed by atoms with Gasteiger partial charge in [-0.1, -0.05) is 17.9 Å². The first-order chi connectivity index (χ1) is 14.0. The molecule has 0 spiro atoms. The van der Waals surface area contributed by atoms with Crippen LogP contribution in [0.25, 0.3) is 0 Å². The van der Waals surface area contributed by atoms with E-state index in [0.717, 1.165) is 0 Å². The highest BCUT2D eigenvalue weighted by Crippen LogP contribution is 2.32. The highest BCUT2D eigenvalue weighted by Gasteiger charge is 2.72. The average Bonchev–Trinajstić information content (AvgIpc) is 2.58. The number of hydrogen-bond acceptors (Lipinski definition) is 12. The molecule has 0 rings (SSSR count). The lowest BCUT2D eigenvalue weighted by Gasteiger charge is -2.32. The van der Waals surface area contributed by atoms with Gasteiger partial charge in [-0.2, -0.15) is 17.6 Å². The Balaban J connectivity index is 6.32. The molecule has 0 aliphatic rings. The van der Waals surface area contributed by atoms with Crippen molar-refractivity contribution in [3.05, 3.63) is 40.5 Å². The van der Waals surface area contributed by atoms with Crippen molar-refractivity contribution in [2.75, 3.05) is 13.2 Å². The maximum absolute atomic E-state index is 13.1. The fraction of sp³-hybridized carbons (Fsp3) is 1.00. The molecule has 31 heavy (non-hydrogen) atoms. The molecule has 0 aromatic heterocycles. The number of ether oxygens (including phenoxy) is 2. The Morgan fingerprint density at radius 1 is 0.645 bits per heavy atom. The summed E-state index contributed by atoms with van der Waals surface area (Å²) in [4.78, 5) is 32.3. The Hall–Kier alpha value is -3.12. The van der Waals surface area contributed by atoms with Crippen molar-refractivity contribution in [3.63, 3.8) is 0 Å². The van der Waals surface area contributed by atoms with Gasteiger partial charge in [0.15, 0.2) is 0 Å². The van der Waals surface area contributed by atoms with Crippen LogP contribution in [-0.4, -0.2) is 73.8 Å². The summed E-state index contributed by atoms with van der Waals surface area (Å²) in [7, 11) is 0. The lowest BCUT2D eigenvalue weighted by atomic mass is 10.2. The second-order valence-electron chi connectivity index (χ2n) is 4.97. The summed E-state index contributed by atoms with van der Waals surface area (Å²) < 4.78 is 110. The first kappa shape index (κ1) is 27.9. The second-order valence-corrected chi connectivity index (χ2v) is 4.97. The van der Waals surface area contributed by atoms with Gasteiger partial charge in [0.1, 0.15) is 32.9 Å². The zero-order valence-electron chi connectivity index (χ0n) is 13.9. The van der Waals surface area contributed by atoms with Gasteiger partial charge in [-0.15, -0.1) is 0 Å². The second kappa shape index (κ2) is 9.79. The van der Waals surface area contributed by atoms with Crippen LogP contribution in [0.3, 0.4) is 0 Å². The predicted molar refractivity (Wildman–Crippen MR) is 68.2 cm³/mol. The molecule has 0 aromatic rings. The zero-order valence-corrected chi connectivity index (χ0v) is 13.9. The summed E-state index contributed by atoms with van der Waals surface area (Å²) in [5, 5.41) is 36.7. The van der Waals surface area contributed by atoms with Gasteiger partial charge in [0, 0.05) is 0 Å². The molecular weight excluding hydrogens is 480 g/mol. The summed E-state index contributed by atoms with van der Waals surface area (Å²) in [5.41, 5.74) is -4.90. The van der Waals surface area contributed by atoms with Crippen LogP contribution in [-0.2, 0) is 9.47 Å². The van der Waals surface area contributed by atoms with Gasteiger partial charge in [0.05, 0.1) is 10.7 Å². The van der Waals surface area contributed by atoms with Crippen LogP contribution in [0.2, 0.25) is 0 Å². The number of nitrogens with zero attached hydrogens (tertiary/aromatic N) is 6. The molecule has 0 N–H and O–H groups in total. The monoisotopic (exact) mass is 486 g/mol. The van der Waals surface area contributed by atoms with E-state index < -0.39 is 73.8 Å². The quantitative estimate of drug-likeness (QED) is 0.110. The van der Waals surface area contributed by atoms with Crippen LogP contribution in [0.5, 0.6) is 0 Å². The number of rotatable bonds is 14. The fourth-order valence-corrected chi connectivity index (χ4v) is 1.53. The zero-order chi connectivity index (χ0) is 24.9. The summed E-state index contributed by atoms with van der Waals surface area (Å²) in [6, 6.07) is 0. The van der Waals surface area contributed by atoms with Crippen molar-refractivity contribution in [1.29, 1.82) is 0 Å². The van der Waals surface area contributed by atoms with E-state index in [4.69, 9.17) is 0 Å². The van der Waals surface area contributed by atoms with Crippen LogP contribution >= 0.6 is 0 Å². The van der Waals surface area contributed by atoms with Crippen molar-refractivity contribution >= 4 is 0 Å². The maximum Gasteiger partial charge on any atom is 0.640 e. The van der Waals surface area contributed by atoms with Crippen molar-refractivity contribution in [2.24, 2.45) is 0 Å². The first-order valence-corrected chi connectivity index (χ1v) is 6.62. The van der Waals surface area contributed by atoms with Gasteiger partial charge < -0.3 is 0 Å². The van der Waals surface area contributed by atoms with E-state index in [1.807, 2.05) is 0 Å². The third kappa shape index (κ3) is 4.80. The standard InChI is InChI=1S/C7H6F8N6O10/c8-3(9)6(18(22)23,19(24)25)30-1-5(16(12)13,17(14)15)2-31-7(4(10)11,20(26)27)21(28)29/h3-4H,1-2H2. The summed E-state index contributed by atoms with van der Waals surface area (Å²) >= 11 is 0. The van der Waals surface area contributed by atoms with Crippen LogP contribution in [0.1, 0.15) is 0 Å². The molecule has 24 heteroatoms. The van der Waals surface area contributed by atoms with Gasteiger partial charge in [-0.25, -0.2) is 9.47 Å². The number of hydrogen-bond donors (Lipinski definition) is 0. The van der Waals surface area contributed by atoms with E-state index in [1.165, 1.54) is 0 Å². The third-order valence-electron chi connectivity index (χ3n) is 3.28. The van der Waals surface area contributed by atoms with E-state index in [2.05, 4.69) is 9.47 Å². The highest BCUT2D eigenvalue weighted by molar-refractivity contribution is 4.80. The molecule has 0 amide bonds. The smallest absolute Gasteiger partial charge is 0.256 e. The summed E-state index contributed by atoms with van der Waals surface area (Å²) in [6.07, 6.45) is -9.59. The lowest BCUT2D eigenvalue weighted by molar-refractivity contribution is -0.866. The van der Waals surface area contributed by atoms with Crippen LogP contribution in [0.4, 0.5) is 35.5 Å². The highest BCUT2D eigenvalue weighted by atomic mass is 19.4. The molecule has 16 nitrogen and oxygen atoms in total. The summed E-state index contributed by atoms with van der Waals surface area (Å²) in [6.45, 7) is -5.90. The van der Waals surface area contributed by atoms with E-state index in [-0.39, 0.29) is 0 Å². The minimum absolute atomic E-state index is 2.53. The van der Waals surface area contributed by atoms with Gasteiger partial charge >= 0.3 is 24.5 Å². The minimum atomic E-state index is -5.15. The molecule has 0 saturated carbocycles. The van der Waals surface area contributed by atoms with Crippen molar-refractivity contribution < 1.29 is 64.7 Å². The van der Waals surface area contributed by atoms with Crippen molar-refractivity contribution in [2.45, 2.75) is 30.2 Å². The molecule has 0 atom stereocenters. The molecular formula is C7H6F8N6O10. The minimum Gasteiger partial charge on any atom is -0.256 e. The van der Waals surface area contributed by atoms with Crippen molar-refractivity contribution in [1.82, 2.24) is 10.7 Å². The van der Waals surface area contributed by atoms with E-state index in [1.54, 1.807) is 0 Å². The number of nitro groups is 4. The Morgan fingerprint density at radius 2 is 0.871 bits per heavy atom. The average molecular weight is 486 g/mol. The number of alkyl halides is 4. The predicted octanol–water partition coefficient (Wildman–Crippen LogP) is 0.803. The molecule has 0 fully saturated rings. The SMILES string of the molecule is O=[N+]([O-])C(OCC(COC(C(F)F)([N+](=O)[O-])[N+](=O)[O-])(N(F)F)N(F)F)(C(F)F)[N+](=O)[O-]. The molecule has 180 valence electrons. The number of halogens is 8. The Morgan fingerprint density at radius 3 is 1.00 bits per heavy atom. The first-order valence-electron chi connectivity index (χ1n) is 6.62. The molecule has 0 aliphatic carbocycles. The molecule has 0 bridgehead atoms. The maximum atomic E-state index is 13.1. The summed E-state index contributed by atoms with van der Waals surface area (Å²) in [5.74, 6) is -10.3. The van der Waals surface area contributed by atoms with Crippen LogP contribution in [0, 0.1) is 40.5 Å². The molecule has 0 aliphatic heterocycles. The van der Waals surface area contributed by atoms with Crippen LogP contribution < -0.4 is 0 Å². The molecule has 0 radical (unpaired) electrons. The molecule has 0 saturated heterocycles. The Bertz CT molecular complexity index is 625. The van der Waals surface area contributed by atoms with Gasteiger partial charge in [0.2, 0.25) is 5.66 Å². The Kier molecular flexibility index (Phi) is 8.81. The lowest BCUT2D eigenvalue weighted by Crippen LogP contribution is -2.64. The molecule has 0 unspecified atom stereocenters. The fourth-order valence-electron chi connectivity index (χ4n) is 1.53. The third-order valence-corrected chi connectivity index (χ3v) is 3.28. The Labute approximate surface area is 160 Å². The van der Waals surface area contributed by atoms with Gasteiger partial charge in [0.25, 0.3) is 0 Å². The van der Waals surface area contributed by atoms with E-state index in [9.17, 15) is 75.9 Å². The van der Waals surface area contributed by atoms with Crippen molar-refractivity contribution in [3.8, 4) is 0 Å². The molecule has 0 aromatic carbocycles.